The molecule has 0 radical (unpaired) electrons. The first-order valence-electron chi connectivity index (χ1n) is 8.82. The average Bonchev–Trinajstić information content (AvgIpc) is 2.61. The topological polar surface area (TPSA) is 69.7 Å². The van der Waals surface area contributed by atoms with Gasteiger partial charge in [-0.15, -0.1) is 0 Å². The van der Waals surface area contributed by atoms with Crippen molar-refractivity contribution >= 4 is 16.1 Å². The summed E-state index contributed by atoms with van der Waals surface area (Å²) in [5, 5.41) is 3.03. The molecule has 6 nitrogen and oxygen atoms in total. The van der Waals surface area contributed by atoms with Crippen LogP contribution in [-0.2, 0) is 21.4 Å². The Morgan fingerprint density at radius 1 is 1.32 bits per heavy atom. The maximum Gasteiger partial charge on any atom is 0.281 e. The number of aryl methyl sites for hydroxylation is 1. The number of hydrogen-bond donors (Lipinski definition) is 1. The normalized spacial score (nSPS) is 20.4. The third-order valence-electron chi connectivity index (χ3n) is 4.79. The molecule has 140 valence electrons. The lowest BCUT2D eigenvalue weighted by Gasteiger charge is -2.33. The van der Waals surface area contributed by atoms with Crippen molar-refractivity contribution in [2.24, 2.45) is 5.92 Å². The van der Waals surface area contributed by atoms with Crippen molar-refractivity contribution in [3.8, 4) is 0 Å². The third kappa shape index (κ3) is 4.80. The van der Waals surface area contributed by atoms with Gasteiger partial charge in [-0.05, 0) is 37.3 Å². The SMILES string of the molecule is CCc1ccc([C@@H](C)NC(=O)[C@H]2CCCN(S(=O)(=O)N(C)C)C2)cc1. The summed E-state index contributed by atoms with van der Waals surface area (Å²) in [4.78, 5) is 12.6. The summed E-state index contributed by atoms with van der Waals surface area (Å²) < 4.78 is 27.2. The first kappa shape index (κ1) is 19.9. The molecule has 7 heteroatoms. The molecule has 0 saturated carbocycles. The van der Waals surface area contributed by atoms with Crippen LogP contribution in [-0.4, -0.2) is 50.1 Å². The Morgan fingerprint density at radius 3 is 2.52 bits per heavy atom. The molecule has 1 aromatic rings. The highest BCUT2D eigenvalue weighted by Crippen LogP contribution is 2.22. The van der Waals surface area contributed by atoms with Gasteiger partial charge in [0.25, 0.3) is 10.2 Å². The van der Waals surface area contributed by atoms with Crippen LogP contribution in [0, 0.1) is 5.92 Å². The van der Waals surface area contributed by atoms with Crippen molar-refractivity contribution in [2.45, 2.75) is 39.2 Å². The highest BCUT2D eigenvalue weighted by molar-refractivity contribution is 7.86. The van der Waals surface area contributed by atoms with Gasteiger partial charge in [-0.25, -0.2) is 0 Å². The summed E-state index contributed by atoms with van der Waals surface area (Å²) in [6.45, 7) is 4.78. The van der Waals surface area contributed by atoms with E-state index in [1.807, 2.05) is 19.1 Å². The van der Waals surface area contributed by atoms with Crippen LogP contribution in [0.1, 0.15) is 43.9 Å². The molecule has 1 aliphatic heterocycles. The second-order valence-corrected chi connectivity index (χ2v) is 8.96. The van der Waals surface area contributed by atoms with Crippen LogP contribution < -0.4 is 5.32 Å². The van der Waals surface area contributed by atoms with Crippen molar-refractivity contribution in [3.05, 3.63) is 35.4 Å². The second-order valence-electron chi connectivity index (χ2n) is 6.81. The molecule has 0 unspecified atom stereocenters. The Morgan fingerprint density at radius 2 is 1.96 bits per heavy atom. The van der Waals surface area contributed by atoms with E-state index in [2.05, 4.69) is 24.4 Å². The summed E-state index contributed by atoms with van der Waals surface area (Å²) in [5.74, 6) is -0.383. The highest BCUT2D eigenvalue weighted by atomic mass is 32.2. The van der Waals surface area contributed by atoms with Crippen molar-refractivity contribution < 1.29 is 13.2 Å². The fourth-order valence-electron chi connectivity index (χ4n) is 3.05. The molecule has 1 N–H and O–H groups in total. The number of benzene rings is 1. The third-order valence-corrected chi connectivity index (χ3v) is 6.70. The molecule has 0 aliphatic carbocycles. The number of nitrogens with zero attached hydrogens (tertiary/aromatic N) is 2. The molecular weight excluding hydrogens is 338 g/mol. The number of amides is 1. The van der Waals surface area contributed by atoms with Gasteiger partial charge in [0.1, 0.15) is 0 Å². The van der Waals surface area contributed by atoms with Crippen LogP contribution in [0.5, 0.6) is 0 Å². The number of hydrogen-bond acceptors (Lipinski definition) is 3. The van der Waals surface area contributed by atoms with Crippen molar-refractivity contribution in [2.75, 3.05) is 27.2 Å². The second kappa shape index (κ2) is 8.29. The Hall–Kier alpha value is -1.44. The minimum absolute atomic E-state index is 0.0780. The predicted molar refractivity (Wildman–Crippen MR) is 99.3 cm³/mol. The average molecular weight is 368 g/mol. The molecule has 0 aromatic heterocycles. The van der Waals surface area contributed by atoms with Gasteiger partial charge >= 0.3 is 0 Å². The maximum atomic E-state index is 12.6. The lowest BCUT2D eigenvalue weighted by Crippen LogP contribution is -2.49. The van der Waals surface area contributed by atoms with E-state index in [0.29, 0.717) is 19.4 Å². The first-order valence-corrected chi connectivity index (χ1v) is 10.2. The predicted octanol–water partition coefficient (Wildman–Crippen LogP) is 1.94. The molecule has 2 rings (SSSR count). The Bertz CT molecular complexity index is 686. The van der Waals surface area contributed by atoms with E-state index in [4.69, 9.17) is 0 Å². The van der Waals surface area contributed by atoms with Crippen LogP contribution in [0.4, 0.5) is 0 Å². The Kier molecular flexibility index (Phi) is 6.59. The molecule has 0 bridgehead atoms. The van der Waals surface area contributed by atoms with Gasteiger partial charge < -0.3 is 5.32 Å². The van der Waals surface area contributed by atoms with E-state index in [1.165, 1.54) is 28.3 Å². The van der Waals surface area contributed by atoms with Crippen molar-refractivity contribution in [1.29, 1.82) is 0 Å². The first-order chi connectivity index (χ1) is 11.8. The van der Waals surface area contributed by atoms with E-state index >= 15 is 0 Å². The van der Waals surface area contributed by atoms with Crippen LogP contribution in [0.15, 0.2) is 24.3 Å². The summed E-state index contributed by atoms with van der Waals surface area (Å²) in [7, 11) is -0.438. The minimum atomic E-state index is -3.47. The van der Waals surface area contributed by atoms with Gasteiger partial charge in [-0.3, -0.25) is 4.79 Å². The number of nitrogens with one attached hydrogen (secondary N) is 1. The van der Waals surface area contributed by atoms with Gasteiger partial charge in [0.2, 0.25) is 5.91 Å². The summed E-state index contributed by atoms with van der Waals surface area (Å²) >= 11 is 0. The molecule has 1 amide bonds. The maximum absolute atomic E-state index is 12.6. The van der Waals surface area contributed by atoms with Gasteiger partial charge in [0.05, 0.1) is 12.0 Å². The number of carbonyl (C=O) groups is 1. The van der Waals surface area contributed by atoms with Crippen LogP contribution in [0.3, 0.4) is 0 Å². The van der Waals surface area contributed by atoms with Gasteiger partial charge in [0, 0.05) is 27.2 Å². The van der Waals surface area contributed by atoms with Gasteiger partial charge in [0.15, 0.2) is 0 Å². The zero-order valence-electron chi connectivity index (χ0n) is 15.5. The van der Waals surface area contributed by atoms with Crippen LogP contribution in [0.25, 0.3) is 0 Å². The molecule has 1 heterocycles. The lowest BCUT2D eigenvalue weighted by molar-refractivity contribution is -0.126. The molecule has 1 saturated heterocycles. The van der Waals surface area contributed by atoms with E-state index in [0.717, 1.165) is 12.0 Å². The molecule has 2 atom stereocenters. The van der Waals surface area contributed by atoms with Gasteiger partial charge in [-0.1, -0.05) is 31.2 Å². The van der Waals surface area contributed by atoms with Crippen molar-refractivity contribution in [3.63, 3.8) is 0 Å². The molecule has 1 aliphatic rings. The smallest absolute Gasteiger partial charge is 0.281 e. The monoisotopic (exact) mass is 367 g/mol. The molecular formula is C18H29N3O3S. The largest absolute Gasteiger partial charge is 0.349 e. The Balaban J connectivity index is 1.99. The van der Waals surface area contributed by atoms with E-state index in [-0.39, 0.29) is 24.4 Å². The lowest BCUT2D eigenvalue weighted by atomic mass is 9.97. The summed E-state index contributed by atoms with van der Waals surface area (Å²) in [5.41, 5.74) is 2.32. The zero-order valence-corrected chi connectivity index (χ0v) is 16.3. The fourth-order valence-corrected chi connectivity index (χ4v) is 4.24. The molecule has 1 aromatic carbocycles. The summed E-state index contributed by atoms with van der Waals surface area (Å²) in [6, 6.07) is 8.12. The molecule has 1 fully saturated rings. The number of piperidine rings is 1. The highest BCUT2D eigenvalue weighted by Gasteiger charge is 2.33. The summed E-state index contributed by atoms with van der Waals surface area (Å²) in [6.07, 6.45) is 2.40. The minimum Gasteiger partial charge on any atom is -0.349 e. The number of carbonyl (C=O) groups excluding carboxylic acids is 1. The fraction of sp³-hybridized carbons (Fsp3) is 0.611. The zero-order chi connectivity index (χ0) is 18.6. The van der Waals surface area contributed by atoms with E-state index in [9.17, 15) is 13.2 Å². The molecule has 25 heavy (non-hydrogen) atoms. The Labute approximate surface area is 151 Å². The van der Waals surface area contributed by atoms with Crippen molar-refractivity contribution in [1.82, 2.24) is 13.9 Å². The number of rotatable bonds is 6. The quantitative estimate of drug-likeness (QED) is 0.835. The molecule has 0 spiro atoms. The van der Waals surface area contributed by atoms with Crippen LogP contribution >= 0.6 is 0 Å². The van der Waals surface area contributed by atoms with E-state index < -0.39 is 10.2 Å². The van der Waals surface area contributed by atoms with Gasteiger partial charge in [-0.2, -0.15) is 17.0 Å². The van der Waals surface area contributed by atoms with Crippen LogP contribution in [0.2, 0.25) is 0 Å². The van der Waals surface area contributed by atoms with E-state index in [1.54, 1.807) is 0 Å². The standard InChI is InChI=1S/C18H29N3O3S/c1-5-15-8-10-16(11-9-15)14(2)19-18(22)17-7-6-12-21(13-17)25(23,24)20(3)4/h8-11,14,17H,5-7,12-13H2,1-4H3,(H,19,22)/t14-,17+/m1/s1.